The van der Waals surface area contributed by atoms with Gasteiger partial charge in [-0.25, -0.2) is 4.98 Å². The Balaban J connectivity index is 1.83. The lowest BCUT2D eigenvalue weighted by molar-refractivity contribution is 0.178. The number of hydrogen-bond acceptors (Lipinski definition) is 4. The Kier molecular flexibility index (Phi) is 4.80. The summed E-state index contributed by atoms with van der Waals surface area (Å²) in [5.41, 5.74) is 0. The highest BCUT2D eigenvalue weighted by molar-refractivity contribution is 7.15. The van der Waals surface area contributed by atoms with Crippen LogP contribution < -0.4 is 5.32 Å². The first kappa shape index (κ1) is 12.8. The first-order valence-electron chi connectivity index (χ1n) is 6.69. The van der Waals surface area contributed by atoms with Crippen LogP contribution >= 0.6 is 11.3 Å². The van der Waals surface area contributed by atoms with Crippen LogP contribution in [-0.2, 0) is 6.54 Å². The van der Waals surface area contributed by atoms with Crippen molar-refractivity contribution < 1.29 is 0 Å². The summed E-state index contributed by atoms with van der Waals surface area (Å²) in [4.78, 5) is 8.37. The molecule has 1 saturated heterocycles. The van der Waals surface area contributed by atoms with Gasteiger partial charge in [0.25, 0.3) is 0 Å². The lowest BCUT2D eigenvalue weighted by atomic mass is 10.0. The second kappa shape index (κ2) is 6.36. The van der Waals surface area contributed by atoms with Crippen molar-refractivity contribution in [3.05, 3.63) is 11.1 Å². The molecule has 1 N–H and O–H groups in total. The number of anilines is 1. The second-order valence-corrected chi connectivity index (χ2v) is 6.16. The molecule has 1 aliphatic rings. The van der Waals surface area contributed by atoms with Gasteiger partial charge in [0.2, 0.25) is 0 Å². The van der Waals surface area contributed by atoms with Gasteiger partial charge in [-0.3, -0.25) is 4.90 Å². The van der Waals surface area contributed by atoms with Gasteiger partial charge in [0.15, 0.2) is 5.13 Å². The number of thiazole rings is 1. The minimum absolute atomic E-state index is 0.856. The first-order chi connectivity index (χ1) is 8.28. The molecule has 1 aromatic rings. The third-order valence-electron chi connectivity index (χ3n) is 3.20. The van der Waals surface area contributed by atoms with Crippen LogP contribution in [0.3, 0.4) is 0 Å². The van der Waals surface area contributed by atoms with Gasteiger partial charge in [0, 0.05) is 30.7 Å². The predicted octanol–water partition coefficient (Wildman–Crippen LogP) is 3.20. The van der Waals surface area contributed by atoms with E-state index in [0.717, 1.165) is 30.6 Å². The number of aromatic nitrogens is 1. The molecular formula is C13H23N3S. The molecule has 0 aliphatic carbocycles. The van der Waals surface area contributed by atoms with Crippen molar-refractivity contribution in [3.8, 4) is 0 Å². The number of nitrogens with zero attached hydrogens (tertiary/aromatic N) is 2. The summed E-state index contributed by atoms with van der Waals surface area (Å²) in [6, 6.07) is 0. The Bertz CT molecular complexity index is 337. The van der Waals surface area contributed by atoms with Crippen LogP contribution in [0.15, 0.2) is 6.20 Å². The fourth-order valence-corrected chi connectivity index (χ4v) is 3.23. The van der Waals surface area contributed by atoms with Crippen molar-refractivity contribution in [2.45, 2.75) is 39.7 Å². The predicted molar refractivity (Wildman–Crippen MR) is 74.6 cm³/mol. The summed E-state index contributed by atoms with van der Waals surface area (Å²) in [7, 11) is 0. The lowest BCUT2D eigenvalue weighted by Gasteiger charge is -2.30. The summed E-state index contributed by atoms with van der Waals surface area (Å²) < 4.78 is 0. The number of piperidine rings is 1. The normalized spacial score (nSPS) is 21.6. The molecule has 1 aromatic heterocycles. The molecule has 4 heteroatoms. The molecule has 3 nitrogen and oxygen atoms in total. The molecule has 1 unspecified atom stereocenters. The molecule has 0 amide bonds. The Labute approximate surface area is 108 Å². The highest BCUT2D eigenvalue weighted by atomic mass is 32.1. The molecule has 1 aliphatic heterocycles. The zero-order valence-electron chi connectivity index (χ0n) is 10.9. The maximum Gasteiger partial charge on any atom is 0.182 e. The van der Waals surface area contributed by atoms with Gasteiger partial charge < -0.3 is 5.32 Å². The van der Waals surface area contributed by atoms with Crippen LogP contribution in [0.1, 0.15) is 38.0 Å². The zero-order valence-corrected chi connectivity index (χ0v) is 11.7. The van der Waals surface area contributed by atoms with Crippen LogP contribution in [0, 0.1) is 5.92 Å². The van der Waals surface area contributed by atoms with Gasteiger partial charge >= 0.3 is 0 Å². The summed E-state index contributed by atoms with van der Waals surface area (Å²) in [5.74, 6) is 0.856. The van der Waals surface area contributed by atoms with Crippen molar-refractivity contribution in [2.24, 2.45) is 5.92 Å². The van der Waals surface area contributed by atoms with E-state index < -0.39 is 0 Å². The van der Waals surface area contributed by atoms with Crippen molar-refractivity contribution in [1.82, 2.24) is 9.88 Å². The van der Waals surface area contributed by atoms with E-state index in [4.69, 9.17) is 0 Å². The van der Waals surface area contributed by atoms with E-state index in [1.54, 1.807) is 11.3 Å². The monoisotopic (exact) mass is 253 g/mol. The van der Waals surface area contributed by atoms with E-state index in [2.05, 4.69) is 29.0 Å². The van der Waals surface area contributed by atoms with Gasteiger partial charge in [-0.15, -0.1) is 11.3 Å². The summed E-state index contributed by atoms with van der Waals surface area (Å²) >= 11 is 1.80. The molecule has 1 fully saturated rings. The van der Waals surface area contributed by atoms with Crippen LogP contribution in [0.2, 0.25) is 0 Å². The number of nitrogens with one attached hydrogen (secondary N) is 1. The first-order valence-corrected chi connectivity index (χ1v) is 7.50. The Morgan fingerprint density at radius 1 is 1.59 bits per heavy atom. The van der Waals surface area contributed by atoms with Gasteiger partial charge in [-0.1, -0.05) is 13.8 Å². The highest BCUT2D eigenvalue weighted by Crippen LogP contribution is 2.22. The molecular weight excluding hydrogens is 230 g/mol. The van der Waals surface area contributed by atoms with Gasteiger partial charge in [0.05, 0.1) is 0 Å². The highest BCUT2D eigenvalue weighted by Gasteiger charge is 2.17. The standard InChI is InChI=1S/C13H23N3S/c1-3-6-14-13-15-8-12(17-13)10-16-7-4-5-11(2)9-16/h8,11H,3-7,9-10H2,1-2H3,(H,14,15). The SMILES string of the molecule is CCCNc1ncc(CN2CCCC(C)C2)s1. The maximum atomic E-state index is 4.42. The Morgan fingerprint density at radius 3 is 3.24 bits per heavy atom. The van der Waals surface area contributed by atoms with Gasteiger partial charge in [-0.2, -0.15) is 0 Å². The maximum absolute atomic E-state index is 4.42. The summed E-state index contributed by atoms with van der Waals surface area (Å²) in [5, 5.41) is 4.43. The Hall–Kier alpha value is -0.610. The van der Waals surface area contributed by atoms with Crippen LogP contribution in [0.4, 0.5) is 5.13 Å². The van der Waals surface area contributed by atoms with Crippen LogP contribution in [0.25, 0.3) is 0 Å². The summed E-state index contributed by atoms with van der Waals surface area (Å²) in [6.07, 6.45) is 5.92. The fraction of sp³-hybridized carbons (Fsp3) is 0.769. The molecule has 0 aromatic carbocycles. The van der Waals surface area contributed by atoms with E-state index in [9.17, 15) is 0 Å². The molecule has 0 radical (unpaired) electrons. The summed E-state index contributed by atoms with van der Waals surface area (Å²) in [6.45, 7) is 9.13. The third kappa shape index (κ3) is 3.96. The van der Waals surface area contributed by atoms with Crippen LogP contribution in [-0.4, -0.2) is 29.5 Å². The van der Waals surface area contributed by atoms with E-state index in [1.807, 2.05) is 6.20 Å². The Morgan fingerprint density at radius 2 is 2.47 bits per heavy atom. The van der Waals surface area contributed by atoms with Gasteiger partial charge in [-0.05, 0) is 31.7 Å². The molecule has 17 heavy (non-hydrogen) atoms. The van der Waals surface area contributed by atoms with E-state index in [-0.39, 0.29) is 0 Å². The number of hydrogen-bond donors (Lipinski definition) is 1. The van der Waals surface area contributed by atoms with E-state index in [0.29, 0.717) is 0 Å². The number of likely N-dealkylation sites (tertiary alicyclic amines) is 1. The minimum atomic E-state index is 0.856. The van der Waals surface area contributed by atoms with Crippen molar-refractivity contribution in [2.75, 3.05) is 25.0 Å². The fourth-order valence-electron chi connectivity index (χ4n) is 2.34. The average Bonchev–Trinajstić information content (AvgIpc) is 2.74. The third-order valence-corrected chi connectivity index (χ3v) is 4.14. The molecule has 0 bridgehead atoms. The van der Waals surface area contributed by atoms with E-state index in [1.165, 1.54) is 30.8 Å². The molecule has 0 spiro atoms. The van der Waals surface area contributed by atoms with Crippen molar-refractivity contribution in [3.63, 3.8) is 0 Å². The molecule has 1 atom stereocenters. The topological polar surface area (TPSA) is 28.2 Å². The molecule has 96 valence electrons. The number of rotatable bonds is 5. The van der Waals surface area contributed by atoms with E-state index >= 15 is 0 Å². The largest absolute Gasteiger partial charge is 0.362 e. The lowest BCUT2D eigenvalue weighted by Crippen LogP contribution is -2.33. The molecule has 2 rings (SSSR count). The van der Waals surface area contributed by atoms with Gasteiger partial charge in [0.1, 0.15) is 0 Å². The van der Waals surface area contributed by atoms with Crippen molar-refractivity contribution in [1.29, 1.82) is 0 Å². The quantitative estimate of drug-likeness (QED) is 0.873. The molecule has 2 heterocycles. The van der Waals surface area contributed by atoms with Crippen LogP contribution in [0.5, 0.6) is 0 Å². The smallest absolute Gasteiger partial charge is 0.182 e. The average molecular weight is 253 g/mol. The molecule has 0 saturated carbocycles. The minimum Gasteiger partial charge on any atom is -0.362 e. The zero-order chi connectivity index (χ0) is 12.1. The second-order valence-electron chi connectivity index (χ2n) is 5.04. The van der Waals surface area contributed by atoms with Crippen molar-refractivity contribution >= 4 is 16.5 Å².